The minimum Gasteiger partial charge on any atom is -0.373 e. The van der Waals surface area contributed by atoms with Gasteiger partial charge in [0, 0.05) is 13.0 Å². The first-order valence-electron chi connectivity index (χ1n) is 10.2. The molecular formula is C25H32N2O. The summed E-state index contributed by atoms with van der Waals surface area (Å²) in [5.41, 5.74) is 4.37. The van der Waals surface area contributed by atoms with Gasteiger partial charge in [0.05, 0.1) is 5.41 Å². The quantitative estimate of drug-likeness (QED) is 0.294. The number of terminal acetylenes is 1. The molecule has 28 heavy (non-hydrogen) atoms. The molecule has 4 saturated carbocycles. The molecule has 0 aromatic heterocycles. The first-order chi connectivity index (χ1) is 13.4. The molecule has 4 fully saturated rings. The van der Waals surface area contributed by atoms with E-state index in [1.165, 1.54) is 37.7 Å². The fraction of sp³-hybridized carbons (Fsp3) is 0.520. The molecule has 0 heterocycles. The number of aldehydes is 1. The van der Waals surface area contributed by atoms with Gasteiger partial charge in [-0.1, -0.05) is 30.2 Å². The first-order valence-corrected chi connectivity index (χ1v) is 10.2. The molecule has 0 bridgehead atoms. The van der Waals surface area contributed by atoms with Gasteiger partial charge in [-0.3, -0.25) is 0 Å². The van der Waals surface area contributed by atoms with E-state index in [0.29, 0.717) is 16.7 Å². The standard InChI is InChI=1S/C19H24N2.C6H8O/c1-7-16(19(8-2)13-18(19)9-10-18)11-15(14(3)4)12-17(20-5)21-6;7-4-5-3-6(5)1-2-6/h2,7,11-12,21H,1,5,9-10,13H2,3-4,6H3;4-5H,1-3H2/b16-11+,17-12+;. The lowest BCUT2D eigenvalue weighted by Crippen LogP contribution is -2.06. The van der Waals surface area contributed by atoms with E-state index in [1.807, 2.05) is 19.2 Å². The van der Waals surface area contributed by atoms with Gasteiger partial charge in [-0.05, 0) is 87.1 Å². The second-order valence-electron chi connectivity index (χ2n) is 9.01. The highest BCUT2D eigenvalue weighted by atomic mass is 16.1. The number of hydrogen-bond donors (Lipinski definition) is 1. The molecule has 4 aliphatic rings. The smallest absolute Gasteiger partial charge is 0.125 e. The van der Waals surface area contributed by atoms with Gasteiger partial charge in [-0.2, -0.15) is 0 Å². The van der Waals surface area contributed by atoms with E-state index in [-0.39, 0.29) is 5.41 Å². The van der Waals surface area contributed by atoms with E-state index >= 15 is 0 Å². The fourth-order valence-electron chi connectivity index (χ4n) is 4.42. The second kappa shape index (κ2) is 7.24. The molecule has 2 atom stereocenters. The normalized spacial score (nSPS) is 29.6. The fourth-order valence-corrected chi connectivity index (χ4v) is 4.42. The van der Waals surface area contributed by atoms with Crippen LogP contribution in [0.5, 0.6) is 0 Å². The predicted octanol–water partition coefficient (Wildman–Crippen LogP) is 4.99. The average molecular weight is 377 g/mol. The van der Waals surface area contributed by atoms with Crippen LogP contribution in [0.25, 0.3) is 0 Å². The van der Waals surface area contributed by atoms with Gasteiger partial charge in [0.25, 0.3) is 0 Å². The van der Waals surface area contributed by atoms with Crippen molar-refractivity contribution in [3.63, 3.8) is 0 Å². The summed E-state index contributed by atoms with van der Waals surface area (Å²) in [6, 6.07) is 0. The molecule has 148 valence electrons. The zero-order valence-corrected chi connectivity index (χ0v) is 17.5. The number of nitrogens with zero attached hydrogens (tertiary/aromatic N) is 1. The van der Waals surface area contributed by atoms with Crippen molar-refractivity contribution in [2.45, 2.75) is 52.4 Å². The molecule has 3 nitrogen and oxygen atoms in total. The molecule has 2 unspecified atom stereocenters. The van der Waals surface area contributed by atoms with E-state index in [9.17, 15) is 4.79 Å². The minimum atomic E-state index is -0.0926. The summed E-state index contributed by atoms with van der Waals surface area (Å²) in [4.78, 5) is 14.0. The summed E-state index contributed by atoms with van der Waals surface area (Å²) in [5, 5.41) is 3.03. The van der Waals surface area contributed by atoms with E-state index in [2.05, 4.69) is 49.4 Å². The summed E-state index contributed by atoms with van der Waals surface area (Å²) in [5.74, 6) is 4.27. The Morgan fingerprint density at radius 1 is 1.25 bits per heavy atom. The first kappa shape index (κ1) is 20.4. The molecule has 0 aliphatic heterocycles. The third-order valence-electron chi connectivity index (χ3n) is 7.11. The van der Waals surface area contributed by atoms with Crippen LogP contribution in [0.3, 0.4) is 0 Å². The maximum atomic E-state index is 10.0. The molecule has 1 N–H and O–H groups in total. The van der Waals surface area contributed by atoms with E-state index in [4.69, 9.17) is 6.42 Å². The summed E-state index contributed by atoms with van der Waals surface area (Å²) in [7, 11) is 1.84. The highest BCUT2D eigenvalue weighted by Crippen LogP contribution is 2.81. The van der Waals surface area contributed by atoms with E-state index < -0.39 is 0 Å². The van der Waals surface area contributed by atoms with Crippen LogP contribution in [0.1, 0.15) is 52.4 Å². The van der Waals surface area contributed by atoms with Crippen LogP contribution in [0.15, 0.2) is 52.3 Å². The number of allylic oxidation sites excluding steroid dienone is 6. The van der Waals surface area contributed by atoms with Crippen LogP contribution in [-0.4, -0.2) is 20.1 Å². The number of carbonyl (C=O) groups is 1. The van der Waals surface area contributed by atoms with Crippen LogP contribution >= 0.6 is 0 Å². The van der Waals surface area contributed by atoms with Crippen molar-refractivity contribution in [1.82, 2.24) is 5.32 Å². The highest BCUT2D eigenvalue weighted by Gasteiger charge is 2.74. The Balaban J connectivity index is 0.000000264. The maximum absolute atomic E-state index is 10.0. The van der Waals surface area contributed by atoms with E-state index in [1.54, 1.807) is 0 Å². The second-order valence-corrected chi connectivity index (χ2v) is 9.01. The Bertz CT molecular complexity index is 823. The van der Waals surface area contributed by atoms with Gasteiger partial charge in [0.1, 0.15) is 12.1 Å². The molecule has 0 saturated heterocycles. The third-order valence-corrected chi connectivity index (χ3v) is 7.11. The lowest BCUT2D eigenvalue weighted by Gasteiger charge is -2.13. The van der Waals surface area contributed by atoms with Crippen LogP contribution in [0.2, 0.25) is 0 Å². The Morgan fingerprint density at radius 2 is 1.93 bits per heavy atom. The van der Waals surface area contributed by atoms with E-state index in [0.717, 1.165) is 29.7 Å². The van der Waals surface area contributed by atoms with Crippen molar-refractivity contribution in [3.8, 4) is 12.3 Å². The Morgan fingerprint density at radius 3 is 2.21 bits per heavy atom. The zero-order chi connectivity index (χ0) is 20.6. The van der Waals surface area contributed by atoms with Crippen molar-refractivity contribution >= 4 is 13.0 Å². The minimum absolute atomic E-state index is 0.0926. The Labute approximate surface area is 169 Å². The maximum Gasteiger partial charge on any atom is 0.125 e. The van der Waals surface area contributed by atoms with Crippen LogP contribution in [0.4, 0.5) is 0 Å². The number of carbonyl (C=O) groups excluding carboxylic acids is 1. The lowest BCUT2D eigenvalue weighted by atomic mass is 9.90. The molecule has 0 radical (unpaired) electrons. The average Bonchev–Trinajstić information content (AvgIpc) is 3.55. The van der Waals surface area contributed by atoms with Crippen molar-refractivity contribution in [2.75, 3.05) is 7.05 Å². The van der Waals surface area contributed by atoms with Crippen LogP contribution in [0, 0.1) is 34.5 Å². The van der Waals surface area contributed by atoms with Gasteiger partial charge < -0.3 is 10.1 Å². The third kappa shape index (κ3) is 3.53. The number of aliphatic imine (C=N–C) groups is 1. The van der Waals surface area contributed by atoms with Crippen molar-refractivity contribution in [3.05, 3.63) is 47.3 Å². The molecule has 0 aromatic rings. The van der Waals surface area contributed by atoms with Gasteiger partial charge >= 0.3 is 0 Å². The zero-order valence-electron chi connectivity index (χ0n) is 17.5. The molecule has 3 heteroatoms. The van der Waals surface area contributed by atoms with Gasteiger partial charge in [-0.25, -0.2) is 4.99 Å². The Kier molecular flexibility index (Phi) is 5.28. The molecule has 0 aromatic carbocycles. The molecular weight excluding hydrogens is 344 g/mol. The van der Waals surface area contributed by atoms with Crippen molar-refractivity contribution < 1.29 is 4.79 Å². The molecule has 2 spiro atoms. The predicted molar refractivity (Wildman–Crippen MR) is 117 cm³/mol. The summed E-state index contributed by atoms with van der Waals surface area (Å²) in [6.45, 7) is 11.7. The lowest BCUT2D eigenvalue weighted by molar-refractivity contribution is -0.109. The van der Waals surface area contributed by atoms with Crippen molar-refractivity contribution in [1.29, 1.82) is 0 Å². The topological polar surface area (TPSA) is 41.5 Å². The molecule has 0 amide bonds. The number of rotatable bonds is 7. The number of hydrogen-bond acceptors (Lipinski definition) is 3. The van der Waals surface area contributed by atoms with Gasteiger partial charge in [-0.15, -0.1) is 6.42 Å². The summed E-state index contributed by atoms with van der Waals surface area (Å²) >= 11 is 0. The van der Waals surface area contributed by atoms with Crippen LogP contribution in [-0.2, 0) is 4.79 Å². The van der Waals surface area contributed by atoms with Gasteiger partial charge in [0.2, 0.25) is 0 Å². The summed E-state index contributed by atoms with van der Waals surface area (Å²) in [6.07, 6.45) is 20.5. The van der Waals surface area contributed by atoms with Crippen LogP contribution < -0.4 is 5.32 Å². The Hall–Kier alpha value is -2.34. The SMILES string of the molecule is C#CC1(/C(C=C)=C/C(/C=C(\N=C)NC)=C(C)C)CC12CC2.O=CC1CC12CC2. The van der Waals surface area contributed by atoms with Crippen molar-refractivity contribution in [2.24, 2.45) is 27.2 Å². The molecule has 4 aliphatic carbocycles. The molecule has 4 rings (SSSR count). The monoisotopic (exact) mass is 376 g/mol. The van der Waals surface area contributed by atoms with Gasteiger partial charge in [0.15, 0.2) is 0 Å². The number of nitrogens with one attached hydrogen (secondary N) is 1. The largest absolute Gasteiger partial charge is 0.373 e. The highest BCUT2D eigenvalue weighted by molar-refractivity contribution is 5.61. The summed E-state index contributed by atoms with van der Waals surface area (Å²) < 4.78 is 0.